The van der Waals surface area contributed by atoms with Crippen LogP contribution < -0.4 is 5.32 Å². The predicted octanol–water partition coefficient (Wildman–Crippen LogP) is 4.45. The molecule has 2 rings (SSSR count). The van der Waals surface area contributed by atoms with Gasteiger partial charge in [0.1, 0.15) is 0 Å². The van der Waals surface area contributed by atoms with E-state index in [1.807, 2.05) is 42.5 Å². The van der Waals surface area contributed by atoms with Gasteiger partial charge in [-0.15, -0.1) is 0 Å². The second-order valence-electron chi connectivity index (χ2n) is 4.16. The van der Waals surface area contributed by atoms with Crippen LogP contribution >= 0.6 is 38.5 Å². The number of methoxy groups -OCH3 is 1. The number of rotatable bonds is 4. The molecule has 2 aromatic carbocycles. The molecule has 0 aliphatic carbocycles. The van der Waals surface area contributed by atoms with E-state index in [-0.39, 0.29) is 5.91 Å². The van der Waals surface area contributed by atoms with E-state index in [4.69, 9.17) is 4.74 Å². The molecule has 0 heterocycles. The topological polar surface area (TPSA) is 38.3 Å². The number of ether oxygens (including phenoxy) is 1. The van der Waals surface area contributed by atoms with E-state index in [0.29, 0.717) is 12.2 Å². The Hall–Kier alpha value is -0.920. The molecule has 104 valence electrons. The highest BCUT2D eigenvalue weighted by Crippen LogP contribution is 2.26. The second-order valence-corrected chi connectivity index (χ2v) is 6.26. The zero-order valence-electron chi connectivity index (χ0n) is 10.8. The van der Waals surface area contributed by atoms with Crippen molar-refractivity contribution in [3.8, 4) is 0 Å². The van der Waals surface area contributed by atoms with E-state index in [1.54, 1.807) is 7.11 Å². The van der Waals surface area contributed by atoms with Crippen LogP contribution in [0.15, 0.2) is 46.9 Å². The van der Waals surface area contributed by atoms with Crippen molar-refractivity contribution in [2.24, 2.45) is 0 Å². The van der Waals surface area contributed by atoms with Gasteiger partial charge in [-0.25, -0.2) is 0 Å². The highest BCUT2D eigenvalue weighted by Gasteiger charge is 2.11. The monoisotopic (exact) mass is 445 g/mol. The van der Waals surface area contributed by atoms with E-state index < -0.39 is 0 Å². The van der Waals surface area contributed by atoms with Gasteiger partial charge in [-0.05, 0) is 59.0 Å². The molecule has 2 aromatic rings. The highest BCUT2D eigenvalue weighted by atomic mass is 127. The van der Waals surface area contributed by atoms with Gasteiger partial charge in [0, 0.05) is 32.0 Å². The fraction of sp³-hybridized carbons (Fsp3) is 0.133. The van der Waals surface area contributed by atoms with Crippen molar-refractivity contribution in [1.29, 1.82) is 0 Å². The van der Waals surface area contributed by atoms with Gasteiger partial charge in [-0.1, -0.05) is 22.0 Å². The molecule has 1 amide bonds. The van der Waals surface area contributed by atoms with E-state index in [2.05, 4.69) is 43.8 Å². The number of benzene rings is 2. The number of hydrogen-bond donors (Lipinski definition) is 1. The maximum atomic E-state index is 12.2. The Morgan fingerprint density at radius 1 is 1.25 bits per heavy atom. The minimum absolute atomic E-state index is 0.128. The van der Waals surface area contributed by atoms with Crippen LogP contribution in [0.5, 0.6) is 0 Å². The van der Waals surface area contributed by atoms with Gasteiger partial charge in [-0.3, -0.25) is 4.79 Å². The minimum atomic E-state index is -0.128. The van der Waals surface area contributed by atoms with Crippen LogP contribution in [-0.4, -0.2) is 13.0 Å². The first-order chi connectivity index (χ1) is 9.61. The molecule has 20 heavy (non-hydrogen) atoms. The Morgan fingerprint density at radius 3 is 2.60 bits per heavy atom. The molecule has 0 fully saturated rings. The molecule has 0 radical (unpaired) electrons. The number of hydrogen-bond acceptors (Lipinski definition) is 2. The molecular formula is C15H13BrINO2. The van der Waals surface area contributed by atoms with Crippen LogP contribution in [-0.2, 0) is 11.3 Å². The van der Waals surface area contributed by atoms with Crippen molar-refractivity contribution in [3.63, 3.8) is 0 Å². The Kier molecular flexibility index (Phi) is 5.56. The highest BCUT2D eigenvalue weighted by molar-refractivity contribution is 14.1. The summed E-state index contributed by atoms with van der Waals surface area (Å²) in [5, 5.41) is 2.92. The lowest BCUT2D eigenvalue weighted by Crippen LogP contribution is -2.13. The van der Waals surface area contributed by atoms with E-state index in [1.165, 1.54) is 0 Å². The summed E-state index contributed by atoms with van der Waals surface area (Å²) < 4.78 is 7.19. The Balaban J connectivity index is 2.23. The largest absolute Gasteiger partial charge is 0.380 e. The third kappa shape index (κ3) is 3.80. The van der Waals surface area contributed by atoms with Gasteiger partial charge in [0.15, 0.2) is 0 Å². The summed E-state index contributed by atoms with van der Waals surface area (Å²) >= 11 is 5.68. The van der Waals surface area contributed by atoms with Crippen molar-refractivity contribution in [3.05, 3.63) is 61.6 Å². The van der Waals surface area contributed by atoms with Gasteiger partial charge in [0.2, 0.25) is 0 Å². The number of carbonyl (C=O) groups is 1. The molecule has 0 aliphatic heterocycles. The maximum Gasteiger partial charge on any atom is 0.255 e. The molecule has 0 unspecified atom stereocenters. The van der Waals surface area contributed by atoms with Crippen LogP contribution in [0.25, 0.3) is 0 Å². The van der Waals surface area contributed by atoms with Crippen LogP contribution in [0.1, 0.15) is 15.9 Å². The lowest BCUT2D eigenvalue weighted by Gasteiger charge is -2.12. The lowest BCUT2D eigenvalue weighted by atomic mass is 10.1. The van der Waals surface area contributed by atoms with Gasteiger partial charge >= 0.3 is 0 Å². The molecule has 0 bridgehead atoms. The molecule has 0 aliphatic rings. The summed E-state index contributed by atoms with van der Waals surface area (Å²) in [4.78, 5) is 12.2. The van der Waals surface area contributed by atoms with Crippen molar-refractivity contribution >= 4 is 50.1 Å². The quantitative estimate of drug-likeness (QED) is 0.706. The zero-order valence-corrected chi connectivity index (χ0v) is 14.6. The lowest BCUT2D eigenvalue weighted by molar-refractivity contribution is 0.102. The minimum Gasteiger partial charge on any atom is -0.380 e. The van der Waals surface area contributed by atoms with Gasteiger partial charge in [0.05, 0.1) is 6.61 Å². The van der Waals surface area contributed by atoms with Crippen LogP contribution in [0.3, 0.4) is 0 Å². The molecule has 5 heteroatoms. The average molecular weight is 446 g/mol. The zero-order chi connectivity index (χ0) is 14.5. The maximum absolute atomic E-state index is 12.2. The predicted molar refractivity (Wildman–Crippen MR) is 92.0 cm³/mol. The van der Waals surface area contributed by atoms with Crippen LogP contribution in [0.4, 0.5) is 5.69 Å². The third-order valence-corrected chi connectivity index (χ3v) is 4.22. The van der Waals surface area contributed by atoms with E-state index in [9.17, 15) is 4.79 Å². The van der Waals surface area contributed by atoms with Crippen molar-refractivity contribution in [2.45, 2.75) is 6.61 Å². The SMILES string of the molecule is COCc1c(Br)cccc1NC(=O)c1ccc(I)cc1. The Morgan fingerprint density at radius 2 is 1.95 bits per heavy atom. The average Bonchev–Trinajstić information content (AvgIpc) is 2.43. The number of anilines is 1. The van der Waals surface area contributed by atoms with Crippen molar-refractivity contribution in [1.82, 2.24) is 0 Å². The number of carbonyl (C=O) groups excluding carboxylic acids is 1. The normalized spacial score (nSPS) is 10.3. The second kappa shape index (κ2) is 7.19. The first kappa shape index (κ1) is 15.5. The number of amides is 1. The molecule has 0 saturated heterocycles. The van der Waals surface area contributed by atoms with E-state index in [0.717, 1.165) is 19.3 Å². The number of halogens is 2. The molecule has 3 nitrogen and oxygen atoms in total. The van der Waals surface area contributed by atoms with Gasteiger partial charge in [-0.2, -0.15) is 0 Å². The first-order valence-electron chi connectivity index (χ1n) is 5.95. The molecule has 0 saturated carbocycles. The summed E-state index contributed by atoms with van der Waals surface area (Å²) in [6.45, 7) is 0.434. The molecule has 0 aromatic heterocycles. The molecule has 0 spiro atoms. The smallest absolute Gasteiger partial charge is 0.255 e. The van der Waals surface area contributed by atoms with E-state index >= 15 is 0 Å². The Bertz CT molecular complexity index is 614. The molecule has 0 atom stereocenters. The Labute approximate surface area is 140 Å². The summed E-state index contributed by atoms with van der Waals surface area (Å²) in [5.74, 6) is -0.128. The number of nitrogens with one attached hydrogen (secondary N) is 1. The standard InChI is InChI=1S/C15H13BrINO2/c1-20-9-12-13(16)3-2-4-14(12)18-15(19)10-5-7-11(17)8-6-10/h2-8H,9H2,1H3,(H,18,19). The van der Waals surface area contributed by atoms with Crippen molar-refractivity contribution < 1.29 is 9.53 Å². The fourth-order valence-electron chi connectivity index (χ4n) is 1.76. The summed E-state index contributed by atoms with van der Waals surface area (Å²) in [7, 11) is 1.63. The van der Waals surface area contributed by atoms with Crippen LogP contribution in [0.2, 0.25) is 0 Å². The van der Waals surface area contributed by atoms with Gasteiger partial charge in [0.25, 0.3) is 5.91 Å². The summed E-state index contributed by atoms with van der Waals surface area (Å²) in [5.41, 5.74) is 2.31. The van der Waals surface area contributed by atoms with Crippen LogP contribution in [0, 0.1) is 3.57 Å². The van der Waals surface area contributed by atoms with Crippen molar-refractivity contribution in [2.75, 3.05) is 12.4 Å². The molecular weight excluding hydrogens is 433 g/mol. The van der Waals surface area contributed by atoms with Gasteiger partial charge < -0.3 is 10.1 Å². The summed E-state index contributed by atoms with van der Waals surface area (Å²) in [6, 6.07) is 13.1. The fourth-order valence-corrected chi connectivity index (χ4v) is 2.60. The summed E-state index contributed by atoms with van der Waals surface area (Å²) in [6.07, 6.45) is 0. The third-order valence-electron chi connectivity index (χ3n) is 2.76. The first-order valence-corrected chi connectivity index (χ1v) is 7.82. The molecule has 1 N–H and O–H groups in total.